The number of hydrogen-bond acceptors (Lipinski definition) is 8. The third kappa shape index (κ3) is 4.21. The van der Waals surface area contributed by atoms with Gasteiger partial charge in [0.2, 0.25) is 0 Å². The van der Waals surface area contributed by atoms with E-state index in [0.717, 1.165) is 30.8 Å². The molecule has 0 spiro atoms. The highest BCUT2D eigenvalue weighted by atomic mass is 32.1. The number of aromatic nitrogens is 2. The molecule has 192 valence electrons. The van der Waals surface area contributed by atoms with E-state index in [1.54, 1.807) is 23.2 Å². The number of urea groups is 1. The summed E-state index contributed by atoms with van der Waals surface area (Å²) in [4.78, 5) is 40.4. The van der Waals surface area contributed by atoms with Crippen molar-refractivity contribution in [1.82, 2.24) is 25.6 Å². The lowest BCUT2D eigenvalue weighted by atomic mass is 10.1. The van der Waals surface area contributed by atoms with E-state index in [0.29, 0.717) is 64.9 Å². The number of thiophene rings is 1. The van der Waals surface area contributed by atoms with Crippen molar-refractivity contribution in [3.63, 3.8) is 0 Å². The Bertz CT molecular complexity index is 1370. The highest BCUT2D eigenvalue weighted by Crippen LogP contribution is 2.45. The van der Waals surface area contributed by atoms with Gasteiger partial charge < -0.3 is 10.5 Å². The van der Waals surface area contributed by atoms with Gasteiger partial charge >= 0.3 is 6.03 Å². The van der Waals surface area contributed by atoms with E-state index in [1.165, 1.54) is 22.8 Å². The number of primary amides is 1. The molecule has 3 aliphatic rings. The number of nitrogens with zero attached hydrogens (tertiary/aromatic N) is 4. The van der Waals surface area contributed by atoms with Crippen LogP contribution in [0.2, 0.25) is 0 Å². The molecule has 12 heteroatoms. The summed E-state index contributed by atoms with van der Waals surface area (Å²) < 4.78 is 5.41. The van der Waals surface area contributed by atoms with Crippen LogP contribution in [0.3, 0.4) is 0 Å². The standard InChI is InChI=1S/C25H27N7O4S/c26-25(35)32(31-11-13-36-14-12-31)16-6-4-5-15-19(16)23(33)20-21(15)27-28-22(20)17-7-8-18(37-17)24(34)29-30-9-2-1-3-10-30/h4-8H,1-3,9-14H2,(H2,26,35)(H,27,28)(H,29,34). The number of fused-ring (bicyclic) bond motifs is 3. The summed E-state index contributed by atoms with van der Waals surface area (Å²) in [6.07, 6.45) is 3.32. The van der Waals surface area contributed by atoms with E-state index in [1.807, 2.05) is 17.1 Å². The molecule has 4 N–H and O–H groups in total. The van der Waals surface area contributed by atoms with Crippen LogP contribution in [0.25, 0.3) is 21.8 Å². The smallest absolute Gasteiger partial charge is 0.334 e. The van der Waals surface area contributed by atoms with Crippen LogP contribution in [-0.4, -0.2) is 77.3 Å². The van der Waals surface area contributed by atoms with Crippen molar-refractivity contribution in [2.75, 3.05) is 44.4 Å². The number of amides is 3. The molecular weight excluding hydrogens is 494 g/mol. The number of morpholine rings is 1. The molecule has 2 fully saturated rings. The van der Waals surface area contributed by atoms with Crippen LogP contribution in [0.5, 0.6) is 0 Å². The highest BCUT2D eigenvalue weighted by Gasteiger charge is 2.38. The second kappa shape index (κ2) is 9.71. The number of H-pyrrole nitrogens is 1. The molecule has 3 amide bonds. The number of aromatic amines is 1. The van der Waals surface area contributed by atoms with Gasteiger partial charge in [-0.2, -0.15) is 5.10 Å². The Balaban J connectivity index is 1.31. The van der Waals surface area contributed by atoms with Crippen molar-refractivity contribution < 1.29 is 19.1 Å². The molecule has 0 unspecified atom stereocenters. The van der Waals surface area contributed by atoms with Crippen molar-refractivity contribution >= 4 is 34.7 Å². The van der Waals surface area contributed by atoms with Crippen LogP contribution in [0.4, 0.5) is 10.5 Å². The lowest BCUT2D eigenvalue weighted by molar-refractivity contribution is 0.0364. The first-order valence-electron chi connectivity index (χ1n) is 12.4. The molecule has 6 rings (SSSR count). The molecule has 3 aromatic rings. The van der Waals surface area contributed by atoms with Crippen LogP contribution in [0, 0.1) is 0 Å². The minimum atomic E-state index is -0.669. The number of hydrogen-bond donors (Lipinski definition) is 3. The van der Waals surface area contributed by atoms with Gasteiger partial charge in [-0.05, 0) is 31.0 Å². The monoisotopic (exact) mass is 521 g/mol. The quantitative estimate of drug-likeness (QED) is 0.367. The number of nitrogens with two attached hydrogens (primary N) is 1. The van der Waals surface area contributed by atoms with Crippen molar-refractivity contribution in [2.24, 2.45) is 5.73 Å². The molecule has 1 aromatic carbocycles. The predicted octanol–water partition coefficient (Wildman–Crippen LogP) is 2.61. The van der Waals surface area contributed by atoms with Gasteiger partial charge in [-0.3, -0.25) is 20.1 Å². The summed E-state index contributed by atoms with van der Waals surface area (Å²) in [5, 5.41) is 12.6. The first kappa shape index (κ1) is 23.8. The number of anilines is 1. The zero-order valence-corrected chi connectivity index (χ0v) is 21.0. The summed E-state index contributed by atoms with van der Waals surface area (Å²) in [6, 6.07) is 8.24. The van der Waals surface area contributed by atoms with E-state index in [9.17, 15) is 14.4 Å². The van der Waals surface area contributed by atoms with Crippen LogP contribution < -0.4 is 16.2 Å². The van der Waals surface area contributed by atoms with Crippen molar-refractivity contribution in [3.05, 3.63) is 46.3 Å². The Morgan fingerprint density at radius 1 is 1.05 bits per heavy atom. The number of piperidine rings is 1. The largest absolute Gasteiger partial charge is 0.379 e. The van der Waals surface area contributed by atoms with E-state index in [4.69, 9.17) is 10.5 Å². The molecular formula is C25H27N7O4S. The molecule has 0 radical (unpaired) electrons. The second-order valence-corrected chi connectivity index (χ2v) is 10.3. The summed E-state index contributed by atoms with van der Waals surface area (Å²) in [5.41, 5.74) is 11.7. The fraction of sp³-hybridized carbons (Fsp3) is 0.360. The molecule has 2 aliphatic heterocycles. The van der Waals surface area contributed by atoms with Crippen LogP contribution >= 0.6 is 11.3 Å². The maximum absolute atomic E-state index is 13.8. The molecule has 2 saturated heterocycles. The number of ether oxygens (including phenoxy) is 1. The zero-order valence-electron chi connectivity index (χ0n) is 20.2. The van der Waals surface area contributed by atoms with Gasteiger partial charge in [-0.1, -0.05) is 18.6 Å². The van der Waals surface area contributed by atoms with Gasteiger partial charge in [-0.15, -0.1) is 11.3 Å². The first-order valence-corrected chi connectivity index (χ1v) is 13.2. The highest BCUT2D eigenvalue weighted by molar-refractivity contribution is 7.17. The molecule has 37 heavy (non-hydrogen) atoms. The van der Waals surface area contributed by atoms with Crippen LogP contribution in [0.15, 0.2) is 30.3 Å². The maximum Gasteiger partial charge on any atom is 0.334 e. The number of ketones is 1. The van der Waals surface area contributed by atoms with E-state index < -0.39 is 6.03 Å². The van der Waals surface area contributed by atoms with Crippen LogP contribution in [-0.2, 0) is 4.74 Å². The zero-order chi connectivity index (χ0) is 25.5. The Hall–Kier alpha value is -3.58. The average molecular weight is 522 g/mol. The number of carbonyl (C=O) groups is 3. The Morgan fingerprint density at radius 3 is 2.59 bits per heavy atom. The van der Waals surface area contributed by atoms with Crippen molar-refractivity contribution in [2.45, 2.75) is 19.3 Å². The van der Waals surface area contributed by atoms with Gasteiger partial charge in [0, 0.05) is 31.7 Å². The predicted molar refractivity (Wildman–Crippen MR) is 138 cm³/mol. The third-order valence-corrected chi connectivity index (χ3v) is 8.02. The maximum atomic E-state index is 13.8. The van der Waals surface area contributed by atoms with E-state index in [-0.39, 0.29) is 11.7 Å². The van der Waals surface area contributed by atoms with Gasteiger partial charge in [0.15, 0.2) is 5.78 Å². The van der Waals surface area contributed by atoms with Crippen LogP contribution in [0.1, 0.15) is 44.9 Å². The molecule has 0 bridgehead atoms. The van der Waals surface area contributed by atoms with Gasteiger partial charge in [-0.25, -0.2) is 19.8 Å². The van der Waals surface area contributed by atoms with Gasteiger partial charge in [0.05, 0.1) is 45.5 Å². The fourth-order valence-corrected chi connectivity index (χ4v) is 6.07. The number of hydrazine groups is 2. The molecule has 11 nitrogen and oxygen atoms in total. The number of carbonyl (C=O) groups excluding carboxylic acids is 3. The topological polar surface area (TPSA) is 137 Å². The Kier molecular flexibility index (Phi) is 6.24. The Morgan fingerprint density at radius 2 is 1.84 bits per heavy atom. The average Bonchev–Trinajstić information content (AvgIpc) is 3.62. The van der Waals surface area contributed by atoms with E-state index in [2.05, 4.69) is 15.6 Å². The van der Waals surface area contributed by atoms with Crippen molar-refractivity contribution in [3.8, 4) is 21.8 Å². The second-order valence-electron chi connectivity index (χ2n) is 9.22. The van der Waals surface area contributed by atoms with Gasteiger partial charge in [0.25, 0.3) is 5.91 Å². The summed E-state index contributed by atoms with van der Waals surface area (Å²) in [5.74, 6) is -0.398. The molecule has 2 aromatic heterocycles. The molecule has 4 heterocycles. The summed E-state index contributed by atoms with van der Waals surface area (Å²) >= 11 is 1.30. The number of rotatable bonds is 5. The first-order chi connectivity index (χ1) is 18.0. The third-order valence-electron chi connectivity index (χ3n) is 6.92. The fourth-order valence-electron chi connectivity index (χ4n) is 5.18. The molecule has 1 aliphatic carbocycles. The minimum Gasteiger partial charge on any atom is -0.379 e. The number of nitrogens with one attached hydrogen (secondary N) is 2. The lowest BCUT2D eigenvalue weighted by Gasteiger charge is -2.36. The minimum absolute atomic E-state index is 0.158. The molecule has 0 atom stereocenters. The normalized spacial score (nSPS) is 17.9. The number of benzene rings is 1. The summed E-state index contributed by atoms with van der Waals surface area (Å²) in [6.45, 7) is 3.58. The molecule has 0 saturated carbocycles. The van der Waals surface area contributed by atoms with Gasteiger partial charge in [0.1, 0.15) is 5.69 Å². The van der Waals surface area contributed by atoms with Crippen molar-refractivity contribution in [1.29, 1.82) is 0 Å². The SMILES string of the molecule is NC(=O)N(c1cccc2c1C(=O)c1c-2n[nH]c1-c1ccc(C(=O)NN2CCCCC2)s1)N1CCOCC1. The van der Waals surface area contributed by atoms with E-state index >= 15 is 0 Å². The Labute approximate surface area is 217 Å². The summed E-state index contributed by atoms with van der Waals surface area (Å²) in [7, 11) is 0. The lowest BCUT2D eigenvalue weighted by Crippen LogP contribution is -2.54.